The third-order valence-corrected chi connectivity index (χ3v) is 2.70. The number of aryl methyl sites for hydroxylation is 2. The van der Waals surface area contributed by atoms with Gasteiger partial charge in [-0.25, -0.2) is 9.50 Å². The molecule has 6 heteroatoms. The molecule has 0 spiro atoms. The van der Waals surface area contributed by atoms with Crippen LogP contribution in [0.4, 0.5) is 0 Å². The highest BCUT2D eigenvalue weighted by molar-refractivity contribution is 5.76. The van der Waals surface area contributed by atoms with E-state index in [4.69, 9.17) is 5.11 Å². The van der Waals surface area contributed by atoms with Gasteiger partial charge in [0.1, 0.15) is 6.33 Å². The molecular formula is C10H12N4O2. The highest BCUT2D eigenvalue weighted by Gasteiger charge is 2.21. The molecule has 0 aliphatic heterocycles. The largest absolute Gasteiger partial charge is 0.481 e. The Morgan fingerprint density at radius 1 is 1.50 bits per heavy atom. The number of nitrogens with zero attached hydrogens (tertiary/aromatic N) is 4. The number of aliphatic carboxylic acids is 1. The maximum Gasteiger partial charge on any atom is 0.310 e. The van der Waals surface area contributed by atoms with E-state index >= 15 is 0 Å². The van der Waals surface area contributed by atoms with Crippen LogP contribution in [0.3, 0.4) is 0 Å². The Morgan fingerprint density at radius 3 is 2.81 bits per heavy atom. The van der Waals surface area contributed by atoms with Crippen LogP contribution in [0.25, 0.3) is 5.78 Å². The van der Waals surface area contributed by atoms with Gasteiger partial charge in [-0.15, -0.1) is 0 Å². The fraction of sp³-hybridized carbons (Fsp3) is 0.400. The fourth-order valence-electron chi connectivity index (χ4n) is 1.88. The van der Waals surface area contributed by atoms with Gasteiger partial charge >= 0.3 is 5.97 Å². The highest BCUT2D eigenvalue weighted by atomic mass is 16.4. The van der Waals surface area contributed by atoms with Crippen molar-refractivity contribution in [2.45, 2.75) is 26.7 Å². The van der Waals surface area contributed by atoms with Crippen molar-refractivity contribution in [1.29, 1.82) is 0 Å². The SMILES string of the molecule is Cc1nc2ncnn2c(C)c1C(C)C(=O)O. The number of fused-ring (bicyclic) bond motifs is 1. The van der Waals surface area contributed by atoms with Crippen LogP contribution in [0.1, 0.15) is 29.8 Å². The molecule has 0 aromatic carbocycles. The number of aromatic nitrogens is 4. The van der Waals surface area contributed by atoms with E-state index in [1.807, 2.05) is 6.92 Å². The summed E-state index contributed by atoms with van der Waals surface area (Å²) < 4.78 is 1.56. The van der Waals surface area contributed by atoms with Crippen molar-refractivity contribution >= 4 is 11.7 Å². The molecule has 84 valence electrons. The summed E-state index contributed by atoms with van der Waals surface area (Å²) in [6.45, 7) is 5.25. The lowest BCUT2D eigenvalue weighted by molar-refractivity contribution is -0.138. The van der Waals surface area contributed by atoms with Crippen LogP contribution in [0.15, 0.2) is 6.33 Å². The molecule has 0 fully saturated rings. The van der Waals surface area contributed by atoms with E-state index in [9.17, 15) is 4.79 Å². The molecule has 0 amide bonds. The lowest BCUT2D eigenvalue weighted by Gasteiger charge is -2.13. The molecule has 6 nitrogen and oxygen atoms in total. The second kappa shape index (κ2) is 3.55. The fourth-order valence-corrected chi connectivity index (χ4v) is 1.88. The second-order valence-electron chi connectivity index (χ2n) is 3.73. The lowest BCUT2D eigenvalue weighted by atomic mass is 9.98. The second-order valence-corrected chi connectivity index (χ2v) is 3.73. The summed E-state index contributed by atoms with van der Waals surface area (Å²) in [5, 5.41) is 13.0. The normalized spacial score (nSPS) is 12.9. The smallest absolute Gasteiger partial charge is 0.310 e. The van der Waals surface area contributed by atoms with Crippen LogP contribution in [-0.2, 0) is 4.79 Å². The molecule has 2 aromatic heterocycles. The summed E-state index contributed by atoms with van der Waals surface area (Å²) in [6, 6.07) is 0. The summed E-state index contributed by atoms with van der Waals surface area (Å²) in [5.41, 5.74) is 2.16. The predicted molar refractivity (Wildman–Crippen MR) is 56.3 cm³/mol. The first-order valence-corrected chi connectivity index (χ1v) is 4.92. The van der Waals surface area contributed by atoms with Crippen molar-refractivity contribution in [3.05, 3.63) is 23.3 Å². The molecule has 0 radical (unpaired) electrons. The van der Waals surface area contributed by atoms with E-state index in [0.29, 0.717) is 17.0 Å². The number of carbonyl (C=O) groups is 1. The molecule has 1 unspecified atom stereocenters. The first-order chi connectivity index (χ1) is 7.52. The zero-order chi connectivity index (χ0) is 11.9. The molecule has 0 aliphatic rings. The maximum absolute atomic E-state index is 11.0. The zero-order valence-electron chi connectivity index (χ0n) is 9.30. The highest BCUT2D eigenvalue weighted by Crippen LogP contribution is 2.22. The van der Waals surface area contributed by atoms with Gasteiger partial charge in [-0.2, -0.15) is 10.1 Å². The summed E-state index contributed by atoms with van der Waals surface area (Å²) in [6.07, 6.45) is 1.41. The Morgan fingerprint density at radius 2 is 2.19 bits per heavy atom. The zero-order valence-corrected chi connectivity index (χ0v) is 9.30. The molecule has 0 bridgehead atoms. The summed E-state index contributed by atoms with van der Waals surface area (Å²) in [5.74, 6) is -0.968. The number of carboxylic acid groups (broad SMARTS) is 1. The van der Waals surface area contributed by atoms with Gasteiger partial charge < -0.3 is 5.11 Å². The van der Waals surface area contributed by atoms with Gasteiger partial charge in [-0.05, 0) is 20.8 Å². The van der Waals surface area contributed by atoms with Crippen molar-refractivity contribution in [1.82, 2.24) is 19.6 Å². The third kappa shape index (κ3) is 1.42. The Hall–Kier alpha value is -1.98. The van der Waals surface area contributed by atoms with Crippen molar-refractivity contribution in [2.75, 3.05) is 0 Å². The molecule has 2 aromatic rings. The van der Waals surface area contributed by atoms with Gasteiger partial charge in [-0.1, -0.05) is 0 Å². The minimum Gasteiger partial charge on any atom is -0.481 e. The van der Waals surface area contributed by atoms with Gasteiger partial charge in [-0.3, -0.25) is 4.79 Å². The van der Waals surface area contributed by atoms with Gasteiger partial charge in [0.25, 0.3) is 5.78 Å². The molecular weight excluding hydrogens is 208 g/mol. The average molecular weight is 220 g/mol. The summed E-state index contributed by atoms with van der Waals surface area (Å²) >= 11 is 0. The molecule has 2 rings (SSSR count). The first kappa shape index (κ1) is 10.5. The van der Waals surface area contributed by atoms with Crippen molar-refractivity contribution in [3.8, 4) is 0 Å². The van der Waals surface area contributed by atoms with Crippen LogP contribution < -0.4 is 0 Å². The molecule has 16 heavy (non-hydrogen) atoms. The van der Waals surface area contributed by atoms with E-state index in [0.717, 1.165) is 5.69 Å². The molecule has 1 N–H and O–H groups in total. The quantitative estimate of drug-likeness (QED) is 0.814. The van der Waals surface area contributed by atoms with Crippen LogP contribution in [0, 0.1) is 13.8 Å². The standard InChI is InChI=1S/C10H12N4O2/c1-5(9(15)16)8-6(2)13-10-11-4-12-14(10)7(8)3/h4-5H,1-3H3,(H,15,16). The molecule has 0 saturated carbocycles. The topological polar surface area (TPSA) is 80.4 Å². The average Bonchev–Trinajstić information content (AvgIpc) is 2.65. The summed E-state index contributed by atoms with van der Waals surface area (Å²) in [7, 11) is 0. The van der Waals surface area contributed by atoms with E-state index in [1.165, 1.54) is 6.33 Å². The van der Waals surface area contributed by atoms with E-state index in [-0.39, 0.29) is 0 Å². The van der Waals surface area contributed by atoms with Gasteiger partial charge in [0.2, 0.25) is 0 Å². The van der Waals surface area contributed by atoms with Crippen molar-refractivity contribution < 1.29 is 9.90 Å². The van der Waals surface area contributed by atoms with Gasteiger partial charge in [0, 0.05) is 17.0 Å². The third-order valence-electron chi connectivity index (χ3n) is 2.70. The minimum absolute atomic E-state index is 0.497. The van der Waals surface area contributed by atoms with Crippen LogP contribution >= 0.6 is 0 Å². The Kier molecular flexibility index (Phi) is 2.34. The Bertz CT molecular complexity index is 561. The number of hydrogen-bond acceptors (Lipinski definition) is 4. The van der Waals surface area contributed by atoms with Crippen LogP contribution in [0.5, 0.6) is 0 Å². The van der Waals surface area contributed by atoms with E-state index in [2.05, 4.69) is 15.1 Å². The monoisotopic (exact) mass is 220 g/mol. The predicted octanol–water partition coefficient (Wildman–Crippen LogP) is 0.929. The van der Waals surface area contributed by atoms with E-state index in [1.54, 1.807) is 18.4 Å². The van der Waals surface area contributed by atoms with Crippen LogP contribution in [0.2, 0.25) is 0 Å². The molecule has 0 aliphatic carbocycles. The number of rotatable bonds is 2. The van der Waals surface area contributed by atoms with Crippen LogP contribution in [-0.4, -0.2) is 30.7 Å². The maximum atomic E-state index is 11.0. The number of carboxylic acids is 1. The van der Waals surface area contributed by atoms with Gasteiger partial charge in [0.05, 0.1) is 5.92 Å². The molecule has 2 heterocycles. The Balaban J connectivity index is 2.73. The number of hydrogen-bond donors (Lipinski definition) is 1. The van der Waals surface area contributed by atoms with Crippen molar-refractivity contribution in [3.63, 3.8) is 0 Å². The molecule has 1 atom stereocenters. The summed E-state index contributed by atoms with van der Waals surface area (Å²) in [4.78, 5) is 19.2. The van der Waals surface area contributed by atoms with Crippen molar-refractivity contribution in [2.24, 2.45) is 0 Å². The molecule has 0 saturated heterocycles. The van der Waals surface area contributed by atoms with Gasteiger partial charge in [0.15, 0.2) is 0 Å². The minimum atomic E-state index is -0.868. The van der Waals surface area contributed by atoms with E-state index < -0.39 is 11.9 Å². The first-order valence-electron chi connectivity index (χ1n) is 4.92. The lowest BCUT2D eigenvalue weighted by Crippen LogP contribution is -2.14. The Labute approximate surface area is 92.0 Å².